The molecule has 0 aliphatic carbocycles. The number of likely N-dealkylation sites (tertiary alicyclic amines) is 1. The maximum Gasteiger partial charge on any atom is 0.295 e. The first-order valence-electron chi connectivity index (χ1n) is 11.8. The predicted octanol–water partition coefficient (Wildman–Crippen LogP) is 4.85. The highest BCUT2D eigenvalue weighted by atomic mass is 35.5. The van der Waals surface area contributed by atoms with Crippen LogP contribution in [0.25, 0.3) is 5.76 Å². The summed E-state index contributed by atoms with van der Waals surface area (Å²) in [5, 5.41) is 11.7. The summed E-state index contributed by atoms with van der Waals surface area (Å²) < 4.78 is 13.2. The molecule has 1 amide bonds. The zero-order valence-corrected chi connectivity index (χ0v) is 20.9. The summed E-state index contributed by atoms with van der Waals surface area (Å²) in [5.74, 6) is -0.599. The number of aliphatic hydroxyl groups is 1. The molecular weight excluding hydrogens is 482 g/mol. The molecule has 4 rings (SSSR count). The molecule has 8 nitrogen and oxygen atoms in total. The highest BCUT2D eigenvalue weighted by molar-refractivity contribution is 6.46. The van der Waals surface area contributed by atoms with E-state index in [0.29, 0.717) is 53.8 Å². The van der Waals surface area contributed by atoms with Crippen LogP contribution in [0.2, 0.25) is 5.02 Å². The Labute approximate surface area is 214 Å². The lowest BCUT2D eigenvalue weighted by Gasteiger charge is -2.26. The van der Waals surface area contributed by atoms with Gasteiger partial charge in [-0.3, -0.25) is 9.59 Å². The van der Waals surface area contributed by atoms with Crippen LogP contribution in [0, 0.1) is 0 Å². The number of aliphatic hydroxyl groups excluding tert-OH is 1. The van der Waals surface area contributed by atoms with Crippen LogP contribution in [0.3, 0.4) is 0 Å². The number of hydrogen-bond acceptors (Lipinski definition) is 6. The summed E-state index contributed by atoms with van der Waals surface area (Å²) in [5.41, 5.74) is 1.05. The van der Waals surface area contributed by atoms with Gasteiger partial charge in [-0.1, -0.05) is 24.6 Å². The first-order valence-corrected chi connectivity index (χ1v) is 12.1. The number of benzene rings is 2. The van der Waals surface area contributed by atoms with Crippen molar-refractivity contribution in [3.8, 4) is 11.5 Å². The van der Waals surface area contributed by atoms with E-state index >= 15 is 0 Å². The molecule has 9 heteroatoms. The van der Waals surface area contributed by atoms with Crippen molar-refractivity contribution in [2.75, 3.05) is 20.3 Å². The molecule has 3 aromatic rings. The zero-order chi connectivity index (χ0) is 25.7. The fourth-order valence-corrected chi connectivity index (χ4v) is 4.37. The summed E-state index contributed by atoms with van der Waals surface area (Å²) in [6.07, 6.45) is 6.66. The maximum atomic E-state index is 13.2. The lowest BCUT2D eigenvalue weighted by atomic mass is 9.95. The van der Waals surface area contributed by atoms with Crippen LogP contribution in [-0.2, 0) is 16.1 Å². The molecule has 1 atom stereocenters. The SMILES string of the molecule is CCCOc1ccc([C@@H]2C(=C(O)c3ccc(Cl)cc3)C(=O)C(=O)N2CCCn2ccnc2)cc1OC. The molecule has 2 heterocycles. The van der Waals surface area contributed by atoms with Gasteiger partial charge in [0.25, 0.3) is 11.7 Å². The normalized spacial score (nSPS) is 17.0. The van der Waals surface area contributed by atoms with E-state index < -0.39 is 17.7 Å². The van der Waals surface area contributed by atoms with Gasteiger partial charge >= 0.3 is 0 Å². The third kappa shape index (κ3) is 5.23. The zero-order valence-electron chi connectivity index (χ0n) is 20.2. The second-order valence-corrected chi connectivity index (χ2v) is 8.85. The van der Waals surface area contributed by atoms with Crippen LogP contribution >= 0.6 is 11.6 Å². The number of rotatable bonds is 10. The number of ether oxygens (including phenoxy) is 2. The van der Waals surface area contributed by atoms with E-state index in [4.69, 9.17) is 21.1 Å². The molecule has 0 spiro atoms. The van der Waals surface area contributed by atoms with Crippen LogP contribution in [0.15, 0.2) is 66.8 Å². The summed E-state index contributed by atoms with van der Waals surface area (Å²) in [7, 11) is 1.54. The summed E-state index contributed by atoms with van der Waals surface area (Å²) in [6.45, 7) is 3.47. The van der Waals surface area contributed by atoms with Gasteiger partial charge in [0.1, 0.15) is 5.76 Å². The molecule has 2 aromatic carbocycles. The molecule has 1 fully saturated rings. The Kier molecular flexibility index (Phi) is 7.95. The fraction of sp³-hybridized carbons (Fsp3) is 0.296. The van der Waals surface area contributed by atoms with Gasteiger partial charge in [-0.25, -0.2) is 4.98 Å². The number of ketones is 1. The lowest BCUT2D eigenvalue weighted by Crippen LogP contribution is -2.31. The highest BCUT2D eigenvalue weighted by Gasteiger charge is 2.46. The molecule has 36 heavy (non-hydrogen) atoms. The molecular formula is C27H28ClN3O5. The van der Waals surface area contributed by atoms with E-state index in [1.165, 1.54) is 12.0 Å². The number of aryl methyl sites for hydroxylation is 1. The van der Waals surface area contributed by atoms with Crippen LogP contribution < -0.4 is 9.47 Å². The summed E-state index contributed by atoms with van der Waals surface area (Å²) in [4.78, 5) is 31.9. The van der Waals surface area contributed by atoms with Crippen LogP contribution in [0.1, 0.15) is 36.9 Å². The van der Waals surface area contributed by atoms with Crippen molar-refractivity contribution in [1.82, 2.24) is 14.5 Å². The predicted molar refractivity (Wildman–Crippen MR) is 136 cm³/mol. The smallest absolute Gasteiger partial charge is 0.295 e. The van der Waals surface area contributed by atoms with E-state index in [-0.39, 0.29) is 11.3 Å². The number of carbonyl (C=O) groups is 2. The van der Waals surface area contributed by atoms with E-state index in [2.05, 4.69) is 4.98 Å². The minimum atomic E-state index is -0.794. The van der Waals surface area contributed by atoms with Gasteiger partial charge in [-0.05, 0) is 54.8 Å². The Morgan fingerprint density at radius 2 is 1.89 bits per heavy atom. The number of imidazole rings is 1. The largest absolute Gasteiger partial charge is 0.507 e. The first-order chi connectivity index (χ1) is 17.4. The van der Waals surface area contributed by atoms with Crippen molar-refractivity contribution in [2.45, 2.75) is 32.4 Å². The van der Waals surface area contributed by atoms with Crippen molar-refractivity contribution in [2.24, 2.45) is 0 Å². The van der Waals surface area contributed by atoms with Crippen molar-refractivity contribution in [3.05, 3.63) is 82.9 Å². The van der Waals surface area contributed by atoms with Gasteiger partial charge in [0, 0.05) is 36.1 Å². The number of hydrogen-bond donors (Lipinski definition) is 1. The number of methoxy groups -OCH3 is 1. The van der Waals surface area contributed by atoms with Crippen molar-refractivity contribution in [1.29, 1.82) is 0 Å². The number of amides is 1. The van der Waals surface area contributed by atoms with E-state index in [1.807, 2.05) is 17.7 Å². The van der Waals surface area contributed by atoms with Gasteiger partial charge in [-0.15, -0.1) is 0 Å². The van der Waals surface area contributed by atoms with Gasteiger partial charge in [0.05, 0.1) is 31.7 Å². The molecule has 1 N–H and O–H groups in total. The molecule has 0 bridgehead atoms. The topological polar surface area (TPSA) is 93.9 Å². The molecule has 0 radical (unpaired) electrons. The minimum absolute atomic E-state index is 0.0224. The minimum Gasteiger partial charge on any atom is -0.507 e. The molecule has 0 unspecified atom stereocenters. The average molecular weight is 510 g/mol. The molecule has 188 valence electrons. The third-order valence-electron chi connectivity index (χ3n) is 6.00. The first kappa shape index (κ1) is 25.3. The van der Waals surface area contributed by atoms with Crippen LogP contribution in [0.4, 0.5) is 0 Å². The number of halogens is 1. The molecule has 1 aromatic heterocycles. The molecule has 1 aliphatic rings. The lowest BCUT2D eigenvalue weighted by molar-refractivity contribution is -0.139. The summed E-state index contributed by atoms with van der Waals surface area (Å²) in [6, 6.07) is 11.0. The Balaban J connectivity index is 1.75. The van der Waals surface area contributed by atoms with Gasteiger partial charge in [0.15, 0.2) is 11.5 Å². The van der Waals surface area contributed by atoms with Crippen LogP contribution in [0.5, 0.6) is 11.5 Å². The number of carbonyl (C=O) groups excluding carboxylic acids is 2. The number of aromatic nitrogens is 2. The highest BCUT2D eigenvalue weighted by Crippen LogP contribution is 2.42. The van der Waals surface area contributed by atoms with Crippen molar-refractivity contribution >= 4 is 29.1 Å². The second-order valence-electron chi connectivity index (χ2n) is 8.41. The molecule has 1 saturated heterocycles. The van der Waals surface area contributed by atoms with Crippen LogP contribution in [-0.4, -0.2) is 51.5 Å². The van der Waals surface area contributed by atoms with Gasteiger partial charge < -0.3 is 24.0 Å². The Hall–Kier alpha value is -3.78. The second kappa shape index (κ2) is 11.3. The fourth-order valence-electron chi connectivity index (χ4n) is 4.25. The van der Waals surface area contributed by atoms with E-state index in [0.717, 1.165) is 6.42 Å². The van der Waals surface area contributed by atoms with Gasteiger partial charge in [-0.2, -0.15) is 0 Å². The number of Topliss-reactive ketones (excluding diaryl/α,β-unsaturated/α-hetero) is 1. The van der Waals surface area contributed by atoms with Crippen molar-refractivity contribution in [3.63, 3.8) is 0 Å². The van der Waals surface area contributed by atoms with Gasteiger partial charge in [0.2, 0.25) is 0 Å². The maximum absolute atomic E-state index is 13.2. The standard InChI is InChI=1S/C27H28ClN3O5/c1-3-15-36-21-10-7-19(16-22(21)35-2)24-23(25(32)18-5-8-20(28)9-6-18)26(33)27(34)31(24)13-4-12-30-14-11-29-17-30/h5-11,14,16-17,24,32H,3-4,12-13,15H2,1-2H3/t24-/m1/s1. The number of nitrogens with zero attached hydrogens (tertiary/aromatic N) is 3. The summed E-state index contributed by atoms with van der Waals surface area (Å²) >= 11 is 6.00. The quantitative estimate of drug-likeness (QED) is 0.238. The molecule has 0 saturated carbocycles. The van der Waals surface area contributed by atoms with E-state index in [9.17, 15) is 14.7 Å². The van der Waals surface area contributed by atoms with E-state index in [1.54, 1.807) is 55.0 Å². The molecule has 1 aliphatic heterocycles. The third-order valence-corrected chi connectivity index (χ3v) is 6.25. The van der Waals surface area contributed by atoms with Crippen molar-refractivity contribution < 1.29 is 24.2 Å². The monoisotopic (exact) mass is 509 g/mol. The Morgan fingerprint density at radius 1 is 1.11 bits per heavy atom. The average Bonchev–Trinajstić information content (AvgIpc) is 3.49. The Morgan fingerprint density at radius 3 is 2.56 bits per heavy atom. The Bertz CT molecular complexity index is 1250.